The Morgan fingerprint density at radius 2 is 2.21 bits per heavy atom. The highest BCUT2D eigenvalue weighted by Gasteiger charge is 2.50. The summed E-state index contributed by atoms with van der Waals surface area (Å²) in [5.41, 5.74) is 0.0918. The first kappa shape index (κ1) is 9.44. The summed E-state index contributed by atoms with van der Waals surface area (Å²) in [4.78, 5) is 13.3. The second-order valence-electron chi connectivity index (χ2n) is 4.51. The summed E-state index contributed by atoms with van der Waals surface area (Å²) in [7, 11) is 1.65. The minimum atomic E-state index is -0.466. The molecule has 2 aliphatic rings. The van der Waals surface area contributed by atoms with E-state index in [2.05, 4.69) is 0 Å². The van der Waals surface area contributed by atoms with E-state index in [1.807, 2.05) is 13.8 Å². The lowest BCUT2D eigenvalue weighted by molar-refractivity contribution is -0.133. The summed E-state index contributed by atoms with van der Waals surface area (Å²) in [5, 5.41) is 0. The molecular formula is C11H14FNO. The van der Waals surface area contributed by atoms with Crippen LogP contribution in [0.4, 0.5) is 4.39 Å². The second kappa shape index (κ2) is 2.69. The Labute approximate surface area is 83.1 Å². The van der Waals surface area contributed by atoms with Gasteiger partial charge >= 0.3 is 0 Å². The third-order valence-corrected chi connectivity index (χ3v) is 3.30. The summed E-state index contributed by atoms with van der Waals surface area (Å²) >= 11 is 0. The lowest BCUT2D eigenvalue weighted by Gasteiger charge is -2.24. The second-order valence-corrected chi connectivity index (χ2v) is 4.51. The molecule has 0 aromatic carbocycles. The first-order valence-electron chi connectivity index (χ1n) is 4.80. The van der Waals surface area contributed by atoms with Gasteiger partial charge in [0, 0.05) is 13.0 Å². The van der Waals surface area contributed by atoms with Crippen molar-refractivity contribution in [2.24, 2.45) is 11.3 Å². The molecule has 1 heterocycles. The number of likely N-dealkylation sites (tertiary alicyclic amines) is 1. The van der Waals surface area contributed by atoms with Crippen molar-refractivity contribution in [1.82, 2.24) is 4.90 Å². The summed E-state index contributed by atoms with van der Waals surface area (Å²) in [5.74, 6) is -0.246. The fourth-order valence-corrected chi connectivity index (χ4v) is 2.39. The molecule has 0 radical (unpaired) electrons. The molecule has 76 valence electrons. The fraction of sp³-hybridized carbons (Fsp3) is 0.545. The van der Waals surface area contributed by atoms with Gasteiger partial charge in [-0.15, -0.1) is 0 Å². The highest BCUT2D eigenvalue weighted by Crippen LogP contribution is 2.47. The molecule has 1 saturated heterocycles. The Kier molecular flexibility index (Phi) is 1.81. The molecule has 3 heteroatoms. The van der Waals surface area contributed by atoms with E-state index in [0.717, 1.165) is 6.42 Å². The lowest BCUT2D eigenvalue weighted by Crippen LogP contribution is -2.29. The van der Waals surface area contributed by atoms with Gasteiger partial charge in [-0.2, -0.15) is 0 Å². The molecule has 1 amide bonds. The predicted octanol–water partition coefficient (Wildman–Crippen LogP) is 2.24. The van der Waals surface area contributed by atoms with Crippen LogP contribution in [0.25, 0.3) is 0 Å². The third kappa shape index (κ3) is 0.982. The van der Waals surface area contributed by atoms with E-state index in [-0.39, 0.29) is 17.7 Å². The van der Waals surface area contributed by atoms with E-state index in [4.69, 9.17) is 0 Å². The van der Waals surface area contributed by atoms with E-state index in [0.29, 0.717) is 5.70 Å². The van der Waals surface area contributed by atoms with Crippen molar-refractivity contribution in [3.8, 4) is 0 Å². The molecule has 1 aliphatic carbocycles. The van der Waals surface area contributed by atoms with Gasteiger partial charge in [0.1, 0.15) is 5.83 Å². The van der Waals surface area contributed by atoms with Crippen LogP contribution in [0.2, 0.25) is 0 Å². The SMILES string of the molecule is CN1C(=O)C(C)(C)C2CC=CC(F)=C21. The number of carbonyl (C=O) groups is 1. The van der Waals surface area contributed by atoms with Crippen molar-refractivity contribution in [2.75, 3.05) is 7.05 Å². The van der Waals surface area contributed by atoms with Gasteiger partial charge in [-0.3, -0.25) is 4.79 Å². The number of rotatable bonds is 0. The first-order chi connectivity index (χ1) is 6.46. The van der Waals surface area contributed by atoms with Gasteiger partial charge in [-0.1, -0.05) is 19.9 Å². The van der Waals surface area contributed by atoms with E-state index in [9.17, 15) is 9.18 Å². The van der Waals surface area contributed by atoms with Gasteiger partial charge in [-0.25, -0.2) is 4.39 Å². The van der Waals surface area contributed by atoms with Crippen LogP contribution < -0.4 is 0 Å². The maximum atomic E-state index is 13.5. The van der Waals surface area contributed by atoms with Crippen molar-refractivity contribution >= 4 is 5.91 Å². The highest BCUT2D eigenvalue weighted by molar-refractivity contribution is 5.88. The third-order valence-electron chi connectivity index (χ3n) is 3.30. The molecule has 1 atom stereocenters. The normalized spacial score (nSPS) is 29.9. The van der Waals surface area contributed by atoms with Gasteiger partial charge in [0.05, 0.1) is 11.1 Å². The molecule has 0 spiro atoms. The predicted molar refractivity (Wildman–Crippen MR) is 51.9 cm³/mol. The van der Waals surface area contributed by atoms with Crippen LogP contribution in [0.1, 0.15) is 20.3 Å². The first-order valence-corrected chi connectivity index (χ1v) is 4.80. The van der Waals surface area contributed by atoms with E-state index in [1.165, 1.54) is 11.0 Å². The number of hydrogen-bond acceptors (Lipinski definition) is 1. The minimum Gasteiger partial charge on any atom is -0.316 e. The number of allylic oxidation sites excluding steroid dienone is 4. The highest BCUT2D eigenvalue weighted by atomic mass is 19.1. The number of fused-ring (bicyclic) bond motifs is 1. The summed E-state index contributed by atoms with van der Waals surface area (Å²) in [6.07, 6.45) is 4.01. The number of nitrogens with zero attached hydrogens (tertiary/aromatic N) is 1. The van der Waals surface area contributed by atoms with E-state index < -0.39 is 5.41 Å². The number of hydrogen-bond donors (Lipinski definition) is 0. The quantitative estimate of drug-likeness (QED) is 0.580. The molecule has 0 aromatic heterocycles. The van der Waals surface area contributed by atoms with Crippen LogP contribution in [0.5, 0.6) is 0 Å². The van der Waals surface area contributed by atoms with Crippen LogP contribution in [-0.2, 0) is 4.79 Å². The number of halogens is 1. The van der Waals surface area contributed by atoms with Crippen molar-refractivity contribution in [1.29, 1.82) is 0 Å². The summed E-state index contributed by atoms with van der Waals surface area (Å²) in [6, 6.07) is 0. The van der Waals surface area contributed by atoms with Crippen LogP contribution in [-0.4, -0.2) is 17.9 Å². The van der Waals surface area contributed by atoms with Crippen LogP contribution >= 0.6 is 0 Å². The number of amides is 1. The number of carbonyl (C=O) groups excluding carboxylic acids is 1. The Bertz CT molecular complexity index is 354. The van der Waals surface area contributed by atoms with Gasteiger partial charge < -0.3 is 4.90 Å². The largest absolute Gasteiger partial charge is 0.316 e. The maximum Gasteiger partial charge on any atom is 0.232 e. The Balaban J connectivity index is 2.54. The van der Waals surface area contributed by atoms with Crippen LogP contribution in [0.3, 0.4) is 0 Å². The van der Waals surface area contributed by atoms with Crippen LogP contribution in [0, 0.1) is 11.3 Å². The molecule has 0 aromatic rings. The Morgan fingerprint density at radius 1 is 1.57 bits per heavy atom. The van der Waals surface area contributed by atoms with Gasteiger partial charge in [-0.05, 0) is 12.5 Å². The molecule has 2 nitrogen and oxygen atoms in total. The smallest absolute Gasteiger partial charge is 0.232 e. The zero-order chi connectivity index (χ0) is 10.5. The molecule has 0 bridgehead atoms. The maximum absolute atomic E-state index is 13.5. The van der Waals surface area contributed by atoms with Crippen molar-refractivity contribution in [3.05, 3.63) is 23.7 Å². The fourth-order valence-electron chi connectivity index (χ4n) is 2.39. The van der Waals surface area contributed by atoms with Crippen molar-refractivity contribution < 1.29 is 9.18 Å². The van der Waals surface area contributed by atoms with E-state index in [1.54, 1.807) is 13.1 Å². The van der Waals surface area contributed by atoms with Gasteiger partial charge in [0.15, 0.2) is 0 Å². The molecule has 1 aliphatic heterocycles. The molecular weight excluding hydrogens is 181 g/mol. The molecule has 0 N–H and O–H groups in total. The monoisotopic (exact) mass is 195 g/mol. The van der Waals surface area contributed by atoms with Gasteiger partial charge in [0.25, 0.3) is 0 Å². The van der Waals surface area contributed by atoms with Crippen molar-refractivity contribution in [3.63, 3.8) is 0 Å². The molecule has 1 unspecified atom stereocenters. The Morgan fingerprint density at radius 3 is 2.79 bits per heavy atom. The summed E-state index contributed by atoms with van der Waals surface area (Å²) < 4.78 is 13.5. The lowest BCUT2D eigenvalue weighted by atomic mass is 9.77. The molecule has 1 fully saturated rings. The van der Waals surface area contributed by atoms with Crippen LogP contribution in [0.15, 0.2) is 23.7 Å². The average molecular weight is 195 g/mol. The standard InChI is InChI=1S/C11H14FNO/c1-11(2)7-5-4-6-8(12)9(7)13(3)10(11)14/h4,6-7H,5H2,1-3H3. The van der Waals surface area contributed by atoms with E-state index >= 15 is 0 Å². The van der Waals surface area contributed by atoms with Gasteiger partial charge in [0.2, 0.25) is 5.91 Å². The Hall–Kier alpha value is -1.12. The summed E-state index contributed by atoms with van der Waals surface area (Å²) in [6.45, 7) is 3.77. The minimum absolute atomic E-state index is 0.00463. The molecule has 2 rings (SSSR count). The molecule has 14 heavy (non-hydrogen) atoms. The topological polar surface area (TPSA) is 20.3 Å². The van der Waals surface area contributed by atoms with Crippen molar-refractivity contribution in [2.45, 2.75) is 20.3 Å². The average Bonchev–Trinajstić information content (AvgIpc) is 2.30. The zero-order valence-corrected chi connectivity index (χ0v) is 8.67. The zero-order valence-electron chi connectivity index (χ0n) is 8.67. The molecule has 0 saturated carbocycles.